The van der Waals surface area contributed by atoms with Gasteiger partial charge in [0.2, 0.25) is 5.91 Å². The Bertz CT molecular complexity index is 208. The van der Waals surface area contributed by atoms with Crippen molar-refractivity contribution in [3.63, 3.8) is 0 Å². The van der Waals surface area contributed by atoms with Gasteiger partial charge in [-0.05, 0) is 33.4 Å². The van der Waals surface area contributed by atoms with Gasteiger partial charge in [0, 0.05) is 19.6 Å². The second kappa shape index (κ2) is 5.12. The summed E-state index contributed by atoms with van der Waals surface area (Å²) in [6.45, 7) is 4.04. The average Bonchev–Trinajstić information content (AvgIpc) is 2.15. The number of rotatable bonds is 2. The molecule has 1 amide bonds. The fraction of sp³-hybridized carbons (Fsp3) is 0.900. The van der Waals surface area contributed by atoms with Gasteiger partial charge in [-0.15, -0.1) is 0 Å². The van der Waals surface area contributed by atoms with Gasteiger partial charge in [0.05, 0.1) is 4.83 Å². The van der Waals surface area contributed by atoms with E-state index in [-0.39, 0.29) is 10.7 Å². The van der Waals surface area contributed by atoms with E-state index in [1.165, 1.54) is 6.42 Å². The molecule has 2 atom stereocenters. The Morgan fingerprint density at radius 3 is 2.79 bits per heavy atom. The van der Waals surface area contributed by atoms with E-state index in [2.05, 4.69) is 27.9 Å². The summed E-state index contributed by atoms with van der Waals surface area (Å²) in [5, 5.41) is 0. The zero-order chi connectivity index (χ0) is 10.7. The molecule has 0 saturated carbocycles. The van der Waals surface area contributed by atoms with Crippen molar-refractivity contribution in [1.82, 2.24) is 9.80 Å². The van der Waals surface area contributed by atoms with Crippen molar-refractivity contribution < 1.29 is 4.79 Å². The van der Waals surface area contributed by atoms with Crippen LogP contribution in [0.4, 0.5) is 0 Å². The Kier molecular flexibility index (Phi) is 4.38. The lowest BCUT2D eigenvalue weighted by Gasteiger charge is -2.36. The van der Waals surface area contributed by atoms with Crippen molar-refractivity contribution >= 4 is 21.8 Å². The number of carbonyl (C=O) groups excluding carboxylic acids is 1. The molecule has 0 N–H and O–H groups in total. The monoisotopic (exact) mass is 262 g/mol. The molecule has 1 fully saturated rings. The average molecular weight is 263 g/mol. The predicted molar refractivity (Wildman–Crippen MR) is 61.7 cm³/mol. The Balaban J connectivity index is 2.51. The zero-order valence-electron chi connectivity index (χ0n) is 9.16. The first kappa shape index (κ1) is 12.0. The molecule has 0 bridgehead atoms. The van der Waals surface area contributed by atoms with E-state index in [9.17, 15) is 4.79 Å². The van der Waals surface area contributed by atoms with Crippen LogP contribution in [0, 0.1) is 0 Å². The maximum atomic E-state index is 11.7. The lowest BCUT2D eigenvalue weighted by Crippen LogP contribution is -2.48. The summed E-state index contributed by atoms with van der Waals surface area (Å²) in [6, 6.07) is 0.390. The number of nitrogens with zero attached hydrogens (tertiary/aromatic N) is 2. The van der Waals surface area contributed by atoms with E-state index in [4.69, 9.17) is 0 Å². The third kappa shape index (κ3) is 2.95. The van der Waals surface area contributed by atoms with Crippen LogP contribution >= 0.6 is 15.9 Å². The Morgan fingerprint density at radius 1 is 1.64 bits per heavy atom. The molecule has 0 aromatic rings. The van der Waals surface area contributed by atoms with Crippen LogP contribution in [0.1, 0.15) is 19.8 Å². The maximum Gasteiger partial charge on any atom is 0.236 e. The number of carbonyl (C=O) groups is 1. The summed E-state index contributed by atoms with van der Waals surface area (Å²) in [5.41, 5.74) is 0. The van der Waals surface area contributed by atoms with Gasteiger partial charge in [-0.25, -0.2) is 0 Å². The molecular weight excluding hydrogens is 244 g/mol. The third-order valence-electron chi connectivity index (χ3n) is 2.84. The van der Waals surface area contributed by atoms with Gasteiger partial charge in [0.25, 0.3) is 0 Å². The summed E-state index contributed by atoms with van der Waals surface area (Å²) < 4.78 is 0. The molecule has 1 aliphatic rings. The largest absolute Gasteiger partial charge is 0.341 e. The smallest absolute Gasteiger partial charge is 0.236 e. The number of hydrogen-bond donors (Lipinski definition) is 0. The summed E-state index contributed by atoms with van der Waals surface area (Å²) in [7, 11) is 4.02. The van der Waals surface area contributed by atoms with E-state index in [1.54, 1.807) is 0 Å². The van der Waals surface area contributed by atoms with Crippen LogP contribution in [-0.4, -0.2) is 53.8 Å². The molecule has 0 aromatic carbocycles. The fourth-order valence-electron chi connectivity index (χ4n) is 1.92. The second-order valence-electron chi connectivity index (χ2n) is 4.12. The third-order valence-corrected chi connectivity index (χ3v) is 3.23. The molecule has 82 valence electrons. The number of alkyl halides is 1. The highest BCUT2D eigenvalue weighted by molar-refractivity contribution is 9.10. The van der Waals surface area contributed by atoms with Gasteiger partial charge in [0.1, 0.15) is 0 Å². The van der Waals surface area contributed by atoms with E-state index in [0.717, 1.165) is 19.5 Å². The van der Waals surface area contributed by atoms with Crippen LogP contribution in [0.5, 0.6) is 0 Å². The van der Waals surface area contributed by atoms with Crippen molar-refractivity contribution in [3.8, 4) is 0 Å². The quantitative estimate of drug-likeness (QED) is 0.701. The molecular formula is C10H19BrN2O. The molecule has 4 heteroatoms. The molecule has 0 aliphatic carbocycles. The van der Waals surface area contributed by atoms with Crippen molar-refractivity contribution in [2.75, 3.05) is 27.2 Å². The highest BCUT2D eigenvalue weighted by atomic mass is 79.9. The fourth-order valence-corrected chi connectivity index (χ4v) is 2.24. The maximum absolute atomic E-state index is 11.7. The SMILES string of the molecule is CC(Br)C(=O)N(C)C1CCCN(C)C1. The van der Waals surface area contributed by atoms with Crippen LogP contribution in [0.25, 0.3) is 0 Å². The minimum atomic E-state index is -0.0697. The van der Waals surface area contributed by atoms with Crippen molar-refractivity contribution in [2.24, 2.45) is 0 Å². The number of likely N-dealkylation sites (N-methyl/N-ethyl adjacent to an activating group) is 2. The number of hydrogen-bond acceptors (Lipinski definition) is 2. The first-order valence-electron chi connectivity index (χ1n) is 5.11. The molecule has 1 saturated heterocycles. The zero-order valence-corrected chi connectivity index (χ0v) is 10.7. The van der Waals surface area contributed by atoms with E-state index in [1.807, 2.05) is 18.9 Å². The summed E-state index contributed by atoms with van der Waals surface area (Å²) >= 11 is 3.32. The molecule has 1 aliphatic heterocycles. The van der Waals surface area contributed by atoms with E-state index >= 15 is 0 Å². The van der Waals surface area contributed by atoms with Crippen LogP contribution in [-0.2, 0) is 4.79 Å². The summed E-state index contributed by atoms with van der Waals surface area (Å²) in [4.78, 5) is 15.8. The Morgan fingerprint density at radius 2 is 2.29 bits per heavy atom. The molecule has 14 heavy (non-hydrogen) atoms. The van der Waals surface area contributed by atoms with Gasteiger partial charge in [-0.1, -0.05) is 15.9 Å². The second-order valence-corrected chi connectivity index (χ2v) is 5.50. The number of piperidine rings is 1. The molecule has 0 aromatic heterocycles. The number of halogens is 1. The topological polar surface area (TPSA) is 23.6 Å². The van der Waals surface area contributed by atoms with E-state index in [0.29, 0.717) is 6.04 Å². The molecule has 1 rings (SSSR count). The standard InChI is InChI=1S/C10H19BrN2O/c1-8(11)10(14)13(3)9-5-4-6-12(2)7-9/h8-9H,4-7H2,1-3H3. The number of amides is 1. The first-order chi connectivity index (χ1) is 6.52. The van der Waals surface area contributed by atoms with Crippen LogP contribution < -0.4 is 0 Å². The Hall–Kier alpha value is -0.0900. The van der Waals surface area contributed by atoms with Gasteiger partial charge >= 0.3 is 0 Å². The lowest BCUT2D eigenvalue weighted by molar-refractivity contribution is -0.131. The predicted octanol–water partition coefficient (Wildman–Crippen LogP) is 1.32. The van der Waals surface area contributed by atoms with Gasteiger partial charge in [0.15, 0.2) is 0 Å². The van der Waals surface area contributed by atoms with Crippen LogP contribution in [0.15, 0.2) is 0 Å². The Labute approximate surface area is 94.6 Å². The summed E-state index contributed by atoms with van der Waals surface area (Å²) in [5.74, 6) is 0.185. The van der Waals surface area contributed by atoms with Crippen molar-refractivity contribution in [1.29, 1.82) is 0 Å². The van der Waals surface area contributed by atoms with Crippen LogP contribution in [0.3, 0.4) is 0 Å². The molecule has 0 radical (unpaired) electrons. The summed E-state index contributed by atoms with van der Waals surface area (Å²) in [6.07, 6.45) is 2.32. The minimum absolute atomic E-state index is 0.0697. The van der Waals surface area contributed by atoms with Gasteiger partial charge < -0.3 is 9.80 Å². The van der Waals surface area contributed by atoms with Gasteiger partial charge in [-0.2, -0.15) is 0 Å². The highest BCUT2D eigenvalue weighted by Gasteiger charge is 2.25. The van der Waals surface area contributed by atoms with Crippen molar-refractivity contribution in [2.45, 2.75) is 30.6 Å². The van der Waals surface area contributed by atoms with Crippen LogP contribution in [0.2, 0.25) is 0 Å². The molecule has 3 nitrogen and oxygen atoms in total. The lowest BCUT2D eigenvalue weighted by atomic mass is 10.0. The first-order valence-corrected chi connectivity index (χ1v) is 6.03. The van der Waals surface area contributed by atoms with E-state index < -0.39 is 0 Å². The molecule has 2 unspecified atom stereocenters. The van der Waals surface area contributed by atoms with Crippen molar-refractivity contribution in [3.05, 3.63) is 0 Å². The minimum Gasteiger partial charge on any atom is -0.341 e. The number of likely N-dealkylation sites (tertiary alicyclic amines) is 1. The normalized spacial score (nSPS) is 25.9. The molecule has 1 heterocycles. The van der Waals surface area contributed by atoms with Gasteiger partial charge in [-0.3, -0.25) is 4.79 Å². The molecule has 0 spiro atoms. The highest BCUT2D eigenvalue weighted by Crippen LogP contribution is 2.15.